The van der Waals surface area contributed by atoms with Gasteiger partial charge in [0.2, 0.25) is 11.5 Å². The first-order valence-corrected chi connectivity index (χ1v) is 4.80. The molecule has 0 saturated heterocycles. The lowest BCUT2D eigenvalue weighted by Gasteiger charge is -2.16. The molecule has 6 heteroatoms. The highest BCUT2D eigenvalue weighted by Gasteiger charge is 2.25. The summed E-state index contributed by atoms with van der Waals surface area (Å²) in [4.78, 5) is 0. The average Bonchev–Trinajstić information content (AvgIpc) is 2.65. The normalized spacial score (nSPS) is 11.8. The lowest BCUT2D eigenvalue weighted by Crippen LogP contribution is -2.00. The molecule has 0 saturated carbocycles. The van der Waals surface area contributed by atoms with Gasteiger partial charge >= 0.3 is 0 Å². The van der Waals surface area contributed by atoms with Gasteiger partial charge in [-0.1, -0.05) is 0 Å². The molecule has 0 bridgehead atoms. The van der Waals surface area contributed by atoms with Crippen molar-refractivity contribution in [2.45, 2.75) is 0 Å². The molecule has 84 valence electrons. The van der Waals surface area contributed by atoms with E-state index in [9.17, 15) is 4.39 Å². The van der Waals surface area contributed by atoms with Crippen molar-refractivity contribution in [3.63, 3.8) is 0 Å². The Kier molecular flexibility index (Phi) is 1.83. The van der Waals surface area contributed by atoms with E-state index in [1.165, 1.54) is 10.7 Å². The van der Waals surface area contributed by atoms with E-state index in [0.717, 1.165) is 6.07 Å². The van der Waals surface area contributed by atoms with E-state index >= 15 is 0 Å². The van der Waals surface area contributed by atoms with E-state index in [1.807, 2.05) is 6.07 Å². The highest BCUT2D eigenvalue weighted by Crippen LogP contribution is 2.45. The van der Waals surface area contributed by atoms with Crippen LogP contribution in [0.3, 0.4) is 0 Å². The van der Waals surface area contributed by atoms with E-state index in [4.69, 9.17) is 14.7 Å². The van der Waals surface area contributed by atoms with Crippen LogP contribution in [0.25, 0.3) is 0 Å². The molecule has 0 N–H and O–H groups in total. The minimum Gasteiger partial charge on any atom is -0.446 e. The van der Waals surface area contributed by atoms with Crippen molar-refractivity contribution in [1.82, 2.24) is 9.78 Å². The molecular formula is C11H6FN3O2. The maximum Gasteiger partial charge on any atom is 0.282 e. The number of ether oxygens (including phenoxy) is 2. The number of benzene rings is 1. The summed E-state index contributed by atoms with van der Waals surface area (Å²) in [6, 6.07) is 4.37. The summed E-state index contributed by atoms with van der Waals surface area (Å²) in [5.41, 5.74) is 0.178. The van der Waals surface area contributed by atoms with Crippen LogP contribution in [-0.2, 0) is 7.05 Å². The highest BCUT2D eigenvalue weighted by atomic mass is 19.1. The van der Waals surface area contributed by atoms with Crippen molar-refractivity contribution in [2.24, 2.45) is 7.05 Å². The summed E-state index contributed by atoms with van der Waals surface area (Å²) >= 11 is 0. The number of aromatic nitrogens is 2. The summed E-state index contributed by atoms with van der Waals surface area (Å²) in [6.07, 6.45) is 1.61. The molecule has 1 aromatic carbocycles. The predicted octanol–water partition coefficient (Wildman–Crippen LogP) is 2.33. The second kappa shape index (κ2) is 3.22. The molecule has 1 aliphatic heterocycles. The predicted molar refractivity (Wildman–Crippen MR) is 54.5 cm³/mol. The van der Waals surface area contributed by atoms with Crippen molar-refractivity contribution in [1.29, 1.82) is 5.26 Å². The van der Waals surface area contributed by atoms with Gasteiger partial charge in [-0.15, -0.1) is 5.10 Å². The molecule has 3 rings (SSSR count). The van der Waals surface area contributed by atoms with Crippen LogP contribution in [0.15, 0.2) is 18.3 Å². The third kappa shape index (κ3) is 1.40. The molecule has 1 aliphatic rings. The molecule has 0 radical (unpaired) electrons. The quantitative estimate of drug-likeness (QED) is 0.595. The van der Waals surface area contributed by atoms with Crippen molar-refractivity contribution in [3.8, 4) is 29.2 Å². The summed E-state index contributed by atoms with van der Waals surface area (Å²) in [7, 11) is 1.70. The van der Waals surface area contributed by atoms with Gasteiger partial charge < -0.3 is 9.47 Å². The fourth-order valence-electron chi connectivity index (χ4n) is 1.61. The minimum absolute atomic E-state index is 0.0461. The van der Waals surface area contributed by atoms with Crippen LogP contribution in [-0.4, -0.2) is 9.78 Å². The molecule has 0 spiro atoms. The van der Waals surface area contributed by atoms with Gasteiger partial charge in [-0.05, 0) is 6.07 Å². The van der Waals surface area contributed by atoms with Gasteiger partial charge in [0.15, 0.2) is 11.6 Å². The maximum absolute atomic E-state index is 13.6. The topological polar surface area (TPSA) is 60.1 Å². The standard InChI is InChI=1S/C11H6FN3O2/c1-15-5-9-11(14-15)17-10-7(12)2-6(4-13)3-8(10)16-9/h2-3,5H,1H3. The van der Waals surface area contributed by atoms with Gasteiger partial charge in [0.1, 0.15) is 0 Å². The number of nitrogens with zero attached hydrogens (tertiary/aromatic N) is 3. The zero-order valence-electron chi connectivity index (χ0n) is 8.77. The van der Waals surface area contributed by atoms with Gasteiger partial charge in [0.05, 0.1) is 17.8 Å². The van der Waals surface area contributed by atoms with E-state index < -0.39 is 5.82 Å². The Balaban J connectivity index is 2.14. The van der Waals surface area contributed by atoms with Crippen LogP contribution in [0, 0.1) is 17.1 Å². The van der Waals surface area contributed by atoms with Crippen LogP contribution in [0.2, 0.25) is 0 Å². The largest absolute Gasteiger partial charge is 0.446 e. The summed E-state index contributed by atoms with van der Waals surface area (Å²) in [5.74, 6) is 0.103. The Morgan fingerprint density at radius 2 is 2.18 bits per heavy atom. The third-order valence-electron chi connectivity index (χ3n) is 2.32. The third-order valence-corrected chi connectivity index (χ3v) is 2.32. The van der Waals surface area contributed by atoms with Crippen LogP contribution in [0.1, 0.15) is 5.56 Å². The van der Waals surface area contributed by atoms with Gasteiger partial charge in [-0.3, -0.25) is 4.68 Å². The molecule has 2 aromatic rings. The van der Waals surface area contributed by atoms with E-state index in [-0.39, 0.29) is 22.9 Å². The molecule has 0 fully saturated rings. The number of halogens is 1. The fraction of sp³-hybridized carbons (Fsp3) is 0.0909. The SMILES string of the molecule is Cn1cc2c(n1)Oc1c(F)cc(C#N)cc1O2. The van der Waals surface area contributed by atoms with Gasteiger partial charge in [-0.2, -0.15) is 5.26 Å². The Labute approximate surface area is 95.6 Å². The Morgan fingerprint density at radius 3 is 2.94 bits per heavy atom. The lowest BCUT2D eigenvalue weighted by molar-refractivity contribution is 0.334. The monoisotopic (exact) mass is 231 g/mol. The number of aryl methyl sites for hydroxylation is 1. The number of hydrogen-bond donors (Lipinski definition) is 0. The van der Waals surface area contributed by atoms with Crippen LogP contribution >= 0.6 is 0 Å². The van der Waals surface area contributed by atoms with Crippen LogP contribution < -0.4 is 9.47 Å². The van der Waals surface area contributed by atoms with Crippen LogP contribution in [0.5, 0.6) is 23.1 Å². The smallest absolute Gasteiger partial charge is 0.282 e. The second-order valence-corrected chi connectivity index (χ2v) is 3.57. The molecule has 0 unspecified atom stereocenters. The molecular weight excluding hydrogens is 225 g/mol. The van der Waals surface area contributed by atoms with Crippen molar-refractivity contribution < 1.29 is 13.9 Å². The average molecular weight is 231 g/mol. The highest BCUT2D eigenvalue weighted by molar-refractivity contribution is 5.55. The Bertz CT molecular complexity index is 657. The zero-order chi connectivity index (χ0) is 12.0. The van der Waals surface area contributed by atoms with Crippen molar-refractivity contribution in [3.05, 3.63) is 29.7 Å². The fourth-order valence-corrected chi connectivity index (χ4v) is 1.61. The van der Waals surface area contributed by atoms with Crippen LogP contribution in [0.4, 0.5) is 4.39 Å². The Hall–Kier alpha value is -2.55. The lowest BCUT2D eigenvalue weighted by atomic mass is 10.2. The van der Waals surface area contributed by atoms with E-state index in [0.29, 0.717) is 5.75 Å². The molecule has 17 heavy (non-hydrogen) atoms. The van der Waals surface area contributed by atoms with Gasteiger partial charge in [0.25, 0.3) is 5.88 Å². The van der Waals surface area contributed by atoms with Gasteiger partial charge in [-0.25, -0.2) is 4.39 Å². The minimum atomic E-state index is -0.643. The molecule has 0 amide bonds. The second-order valence-electron chi connectivity index (χ2n) is 3.57. The first-order chi connectivity index (χ1) is 8.17. The first-order valence-electron chi connectivity index (χ1n) is 4.80. The summed E-state index contributed by atoms with van der Waals surface area (Å²) in [6.45, 7) is 0. The van der Waals surface area contributed by atoms with E-state index in [2.05, 4.69) is 5.10 Å². The Morgan fingerprint density at radius 1 is 1.35 bits per heavy atom. The van der Waals surface area contributed by atoms with E-state index in [1.54, 1.807) is 13.2 Å². The first kappa shape index (κ1) is 9.66. The molecule has 0 aliphatic carbocycles. The maximum atomic E-state index is 13.6. The number of rotatable bonds is 0. The zero-order valence-corrected chi connectivity index (χ0v) is 8.77. The number of fused-ring (bicyclic) bond motifs is 2. The molecule has 2 heterocycles. The number of hydrogen-bond acceptors (Lipinski definition) is 4. The number of nitriles is 1. The van der Waals surface area contributed by atoms with Crippen molar-refractivity contribution >= 4 is 0 Å². The summed E-state index contributed by atoms with van der Waals surface area (Å²) < 4.78 is 25.8. The van der Waals surface area contributed by atoms with Crippen molar-refractivity contribution in [2.75, 3.05) is 0 Å². The van der Waals surface area contributed by atoms with Gasteiger partial charge in [0, 0.05) is 13.1 Å². The molecule has 1 aromatic heterocycles. The molecule has 5 nitrogen and oxygen atoms in total. The molecule has 0 atom stereocenters. The summed E-state index contributed by atoms with van der Waals surface area (Å²) in [5, 5.41) is 12.7.